The monoisotopic (exact) mass is 605 g/mol. The first kappa shape index (κ1) is 27.8. The molecule has 0 saturated carbocycles. The Balaban J connectivity index is 0.920. The molecule has 0 unspecified atom stereocenters. The van der Waals surface area contributed by atoms with E-state index in [-0.39, 0.29) is 17.0 Å². The molecule has 1 aromatic carbocycles. The van der Waals surface area contributed by atoms with E-state index in [0.29, 0.717) is 19.5 Å². The third-order valence-electron chi connectivity index (χ3n) is 10.4. The van der Waals surface area contributed by atoms with E-state index in [4.69, 9.17) is 10.1 Å². The Bertz CT molecular complexity index is 1860. The number of rotatable bonds is 7. The number of urea groups is 1. The highest BCUT2D eigenvalue weighted by Crippen LogP contribution is 2.39. The maximum Gasteiger partial charge on any atom is 0.317 e. The van der Waals surface area contributed by atoms with Crippen LogP contribution < -0.4 is 15.1 Å². The van der Waals surface area contributed by atoms with Crippen LogP contribution in [-0.2, 0) is 11.8 Å². The number of pyridine rings is 1. The Morgan fingerprint density at radius 2 is 1.82 bits per heavy atom. The Kier molecular flexibility index (Phi) is 6.61. The molecule has 4 aromatic heterocycles. The van der Waals surface area contributed by atoms with Crippen molar-refractivity contribution in [2.24, 2.45) is 0 Å². The largest absolute Gasteiger partial charge is 0.369 e. The van der Waals surface area contributed by atoms with Gasteiger partial charge in [-0.3, -0.25) is 4.40 Å². The van der Waals surface area contributed by atoms with Crippen molar-refractivity contribution in [3.05, 3.63) is 78.3 Å². The van der Waals surface area contributed by atoms with Gasteiger partial charge in [0.15, 0.2) is 17.3 Å². The average molecular weight is 606 g/mol. The van der Waals surface area contributed by atoms with Crippen molar-refractivity contribution in [2.45, 2.75) is 56.9 Å². The zero-order valence-electron chi connectivity index (χ0n) is 25.9. The summed E-state index contributed by atoms with van der Waals surface area (Å²) in [5.41, 5.74) is 5.30. The van der Waals surface area contributed by atoms with E-state index in [2.05, 4.69) is 86.7 Å². The SMILES string of the molecule is CC[C@]1(c2ccccc2)CCN(c2cc(C)c3nc(CCN4CC5(CCN(c6nccn7cnnc67)CC5)NC4=O)nn3c2)C1. The summed E-state index contributed by atoms with van der Waals surface area (Å²) in [6.07, 6.45) is 12.0. The number of carbonyl (C=O) groups excluding carboxylic acids is 1. The van der Waals surface area contributed by atoms with Crippen LogP contribution in [0.25, 0.3) is 11.3 Å². The number of anilines is 2. The summed E-state index contributed by atoms with van der Waals surface area (Å²) in [6, 6.07) is 13.2. The molecular formula is C33H39N11O. The second-order valence-electron chi connectivity index (χ2n) is 13.0. The van der Waals surface area contributed by atoms with Crippen LogP contribution in [-0.4, -0.2) is 89.9 Å². The molecule has 1 N–H and O–H groups in total. The first-order valence-electron chi connectivity index (χ1n) is 16.1. The summed E-state index contributed by atoms with van der Waals surface area (Å²) in [5, 5.41) is 16.4. The number of aryl methyl sites for hydroxylation is 1. The Labute approximate surface area is 262 Å². The maximum atomic E-state index is 13.1. The number of hydrogen-bond donors (Lipinski definition) is 1. The zero-order valence-corrected chi connectivity index (χ0v) is 25.9. The molecule has 5 aromatic rings. The molecule has 1 atom stereocenters. The number of carbonyl (C=O) groups is 1. The van der Waals surface area contributed by atoms with Crippen LogP contribution in [0.15, 0.2) is 61.3 Å². The van der Waals surface area contributed by atoms with Gasteiger partial charge in [-0.25, -0.2) is 19.3 Å². The summed E-state index contributed by atoms with van der Waals surface area (Å²) in [5.74, 6) is 1.60. The lowest BCUT2D eigenvalue weighted by Crippen LogP contribution is -2.52. The Hall–Kier alpha value is -4.74. The molecule has 8 rings (SSSR count). The van der Waals surface area contributed by atoms with Crippen molar-refractivity contribution in [2.75, 3.05) is 49.1 Å². The molecule has 12 heteroatoms. The molecule has 3 aliphatic heterocycles. The fourth-order valence-corrected chi connectivity index (χ4v) is 7.66. The third kappa shape index (κ3) is 4.83. The van der Waals surface area contributed by atoms with Crippen LogP contribution in [0.4, 0.5) is 16.3 Å². The number of aromatic nitrogens is 7. The second kappa shape index (κ2) is 10.7. The first-order valence-corrected chi connectivity index (χ1v) is 16.1. The topological polar surface area (TPSA) is 112 Å². The Morgan fingerprint density at radius 1 is 1.00 bits per heavy atom. The highest BCUT2D eigenvalue weighted by molar-refractivity contribution is 5.78. The number of hydrogen-bond acceptors (Lipinski definition) is 8. The molecule has 1 spiro atoms. The summed E-state index contributed by atoms with van der Waals surface area (Å²) in [6.45, 7) is 9.30. The van der Waals surface area contributed by atoms with E-state index in [9.17, 15) is 4.79 Å². The minimum absolute atomic E-state index is 0.00442. The highest BCUT2D eigenvalue weighted by atomic mass is 16.2. The van der Waals surface area contributed by atoms with Gasteiger partial charge in [-0.05, 0) is 49.8 Å². The van der Waals surface area contributed by atoms with Gasteiger partial charge >= 0.3 is 6.03 Å². The number of benzene rings is 1. The van der Waals surface area contributed by atoms with Crippen LogP contribution in [0.2, 0.25) is 0 Å². The van der Waals surface area contributed by atoms with Gasteiger partial charge in [-0.1, -0.05) is 37.3 Å². The minimum atomic E-state index is -0.229. The number of nitrogens with one attached hydrogen (secondary N) is 1. The van der Waals surface area contributed by atoms with Crippen molar-refractivity contribution in [1.29, 1.82) is 0 Å². The van der Waals surface area contributed by atoms with Crippen molar-refractivity contribution in [3.63, 3.8) is 0 Å². The van der Waals surface area contributed by atoms with E-state index in [1.807, 2.05) is 20.0 Å². The normalized spacial score (nSPS) is 21.5. The van der Waals surface area contributed by atoms with Gasteiger partial charge in [0.2, 0.25) is 5.65 Å². The lowest BCUT2D eigenvalue weighted by Gasteiger charge is -2.39. The van der Waals surface area contributed by atoms with Crippen molar-refractivity contribution < 1.29 is 4.79 Å². The van der Waals surface area contributed by atoms with Gasteiger partial charge in [0.25, 0.3) is 0 Å². The van der Waals surface area contributed by atoms with E-state index >= 15 is 0 Å². The lowest BCUT2D eigenvalue weighted by atomic mass is 9.77. The predicted molar refractivity (Wildman–Crippen MR) is 172 cm³/mol. The average Bonchev–Trinajstić information content (AvgIpc) is 3.86. The summed E-state index contributed by atoms with van der Waals surface area (Å²) in [4.78, 5) is 29.2. The van der Waals surface area contributed by atoms with Gasteiger partial charge in [0, 0.05) is 63.5 Å². The fraction of sp³-hybridized carbons (Fsp3) is 0.455. The van der Waals surface area contributed by atoms with Crippen molar-refractivity contribution in [1.82, 2.24) is 44.4 Å². The fourth-order valence-electron chi connectivity index (χ4n) is 7.66. The number of amides is 2. The van der Waals surface area contributed by atoms with Crippen molar-refractivity contribution in [3.8, 4) is 0 Å². The van der Waals surface area contributed by atoms with Gasteiger partial charge in [-0.2, -0.15) is 5.10 Å². The van der Waals surface area contributed by atoms with Gasteiger partial charge < -0.3 is 20.0 Å². The third-order valence-corrected chi connectivity index (χ3v) is 10.4. The van der Waals surface area contributed by atoms with Crippen LogP contribution in [0.1, 0.15) is 49.6 Å². The molecule has 2 amide bonds. The molecule has 3 fully saturated rings. The van der Waals surface area contributed by atoms with Crippen molar-refractivity contribution >= 4 is 28.8 Å². The molecule has 0 bridgehead atoms. The van der Waals surface area contributed by atoms with E-state index in [1.165, 1.54) is 11.3 Å². The zero-order chi connectivity index (χ0) is 30.6. The summed E-state index contributed by atoms with van der Waals surface area (Å²) < 4.78 is 3.82. The molecule has 0 radical (unpaired) electrons. The standard InChI is InChI=1S/C33H39N11O/c1-3-32(25-7-5-4-6-8-25)10-15-41(21-32)26-19-24(2)28-36-27(39-44(28)20-26)9-14-42-22-33(37-31(42)45)11-16-40(17-12-33)29-30-38-35-23-43(30)18-13-34-29/h4-8,13,18-20,23H,3,9-12,14-17,21-22H2,1-2H3,(H,37,45)/t32-/m0/s1. The molecule has 3 aliphatic rings. The highest BCUT2D eigenvalue weighted by Gasteiger charge is 2.44. The van der Waals surface area contributed by atoms with Crippen LogP contribution in [0.5, 0.6) is 0 Å². The summed E-state index contributed by atoms with van der Waals surface area (Å²) >= 11 is 0. The lowest BCUT2D eigenvalue weighted by molar-refractivity contribution is 0.217. The van der Waals surface area contributed by atoms with Gasteiger partial charge in [-0.15, -0.1) is 10.2 Å². The molecule has 12 nitrogen and oxygen atoms in total. The molecule has 0 aliphatic carbocycles. The summed E-state index contributed by atoms with van der Waals surface area (Å²) in [7, 11) is 0. The second-order valence-corrected chi connectivity index (χ2v) is 13.0. The smallest absolute Gasteiger partial charge is 0.317 e. The van der Waals surface area contributed by atoms with Gasteiger partial charge in [0.1, 0.15) is 6.33 Å². The van der Waals surface area contributed by atoms with E-state index < -0.39 is 0 Å². The number of fused-ring (bicyclic) bond motifs is 2. The van der Waals surface area contributed by atoms with Crippen LogP contribution in [0, 0.1) is 6.92 Å². The number of nitrogens with zero attached hydrogens (tertiary/aromatic N) is 10. The quantitative estimate of drug-likeness (QED) is 0.299. The molecule has 45 heavy (non-hydrogen) atoms. The van der Waals surface area contributed by atoms with E-state index in [0.717, 1.165) is 80.4 Å². The maximum absolute atomic E-state index is 13.1. The van der Waals surface area contributed by atoms with E-state index in [1.54, 1.807) is 12.5 Å². The predicted octanol–water partition coefficient (Wildman–Crippen LogP) is 3.64. The molecule has 7 heterocycles. The van der Waals surface area contributed by atoms with Crippen LogP contribution in [0.3, 0.4) is 0 Å². The Morgan fingerprint density at radius 3 is 2.64 bits per heavy atom. The first-order chi connectivity index (χ1) is 21.9. The molecular weight excluding hydrogens is 566 g/mol. The van der Waals surface area contributed by atoms with Crippen LogP contribution >= 0.6 is 0 Å². The molecule has 232 valence electrons. The number of piperidine rings is 1. The van der Waals surface area contributed by atoms with Gasteiger partial charge in [0.05, 0.1) is 17.4 Å². The molecule has 3 saturated heterocycles. The minimum Gasteiger partial charge on any atom is -0.369 e.